The van der Waals surface area contributed by atoms with Crippen LogP contribution in [0.2, 0.25) is 0 Å². The van der Waals surface area contributed by atoms with Crippen molar-refractivity contribution in [3.63, 3.8) is 0 Å². The van der Waals surface area contributed by atoms with Crippen LogP contribution >= 0.6 is 0 Å². The van der Waals surface area contributed by atoms with E-state index in [0.717, 1.165) is 12.1 Å². The summed E-state index contributed by atoms with van der Waals surface area (Å²) in [6.45, 7) is 0. The highest BCUT2D eigenvalue weighted by atomic mass is 14.7. The first-order chi connectivity index (χ1) is 8.36. The highest BCUT2D eigenvalue weighted by molar-refractivity contribution is 5.05. The molecule has 1 aliphatic rings. The molecule has 0 saturated heterocycles. The van der Waals surface area contributed by atoms with Gasteiger partial charge in [0.15, 0.2) is 0 Å². The number of nitrogens with two attached hydrogens (primary N) is 1. The summed E-state index contributed by atoms with van der Waals surface area (Å²) in [7, 11) is 0. The fraction of sp³-hybridized carbons (Fsp3) is 0.667. The van der Waals surface area contributed by atoms with Crippen LogP contribution in [0.5, 0.6) is 0 Å². The van der Waals surface area contributed by atoms with Crippen molar-refractivity contribution in [3.8, 4) is 0 Å². The third-order valence-corrected chi connectivity index (χ3v) is 3.93. The third kappa shape index (κ3) is 4.12. The Labute approximate surface area is 105 Å². The molecule has 1 saturated carbocycles. The monoisotopic (exact) mass is 232 g/mol. The molecule has 0 aromatic carbocycles. The maximum atomic E-state index is 6.36. The molecule has 1 aliphatic carbocycles. The lowest BCUT2D eigenvalue weighted by Gasteiger charge is -2.25. The number of hydrogen-bond acceptors (Lipinski definition) is 2. The van der Waals surface area contributed by atoms with Crippen LogP contribution < -0.4 is 5.73 Å². The van der Waals surface area contributed by atoms with E-state index in [1.54, 1.807) is 0 Å². The first kappa shape index (κ1) is 12.6. The van der Waals surface area contributed by atoms with Crippen LogP contribution in [0.15, 0.2) is 24.4 Å². The summed E-state index contributed by atoms with van der Waals surface area (Å²) in [5.74, 6) is 0.706. The topological polar surface area (TPSA) is 38.9 Å². The van der Waals surface area contributed by atoms with E-state index in [0.29, 0.717) is 12.0 Å². The van der Waals surface area contributed by atoms with Gasteiger partial charge in [0.25, 0.3) is 0 Å². The van der Waals surface area contributed by atoms with Gasteiger partial charge in [0.2, 0.25) is 0 Å². The second-order valence-electron chi connectivity index (χ2n) is 5.29. The SMILES string of the molecule is NC(Cc1ccccn1)C1CCCCCCC1. The highest BCUT2D eigenvalue weighted by Gasteiger charge is 2.19. The van der Waals surface area contributed by atoms with Crippen molar-refractivity contribution in [2.75, 3.05) is 0 Å². The number of pyridine rings is 1. The summed E-state index contributed by atoms with van der Waals surface area (Å²) < 4.78 is 0. The molecule has 2 nitrogen and oxygen atoms in total. The molecule has 1 aromatic heterocycles. The predicted octanol–water partition coefficient (Wildman–Crippen LogP) is 3.31. The molecule has 0 spiro atoms. The minimum Gasteiger partial charge on any atom is -0.327 e. The van der Waals surface area contributed by atoms with Crippen molar-refractivity contribution in [3.05, 3.63) is 30.1 Å². The van der Waals surface area contributed by atoms with Gasteiger partial charge in [-0.1, -0.05) is 38.2 Å². The van der Waals surface area contributed by atoms with Gasteiger partial charge in [-0.15, -0.1) is 0 Å². The van der Waals surface area contributed by atoms with E-state index in [2.05, 4.69) is 11.1 Å². The molecular formula is C15H24N2. The lowest BCUT2D eigenvalue weighted by Crippen LogP contribution is -2.33. The van der Waals surface area contributed by atoms with E-state index in [1.807, 2.05) is 18.3 Å². The summed E-state index contributed by atoms with van der Waals surface area (Å²) in [6.07, 6.45) is 12.4. The van der Waals surface area contributed by atoms with Crippen LogP contribution in [0.1, 0.15) is 50.6 Å². The largest absolute Gasteiger partial charge is 0.327 e. The van der Waals surface area contributed by atoms with Gasteiger partial charge in [0.1, 0.15) is 0 Å². The number of aromatic nitrogens is 1. The quantitative estimate of drug-likeness (QED) is 0.868. The summed E-state index contributed by atoms with van der Waals surface area (Å²) in [5, 5.41) is 0. The Kier molecular flexibility index (Phi) is 4.99. The summed E-state index contributed by atoms with van der Waals surface area (Å²) in [5.41, 5.74) is 7.50. The summed E-state index contributed by atoms with van der Waals surface area (Å²) in [6, 6.07) is 6.39. The Morgan fingerprint density at radius 2 is 1.82 bits per heavy atom. The molecule has 0 radical (unpaired) electrons. The Bertz CT molecular complexity index is 302. The molecule has 1 aromatic rings. The molecule has 17 heavy (non-hydrogen) atoms. The highest BCUT2D eigenvalue weighted by Crippen LogP contribution is 2.25. The Morgan fingerprint density at radius 1 is 1.12 bits per heavy atom. The molecule has 2 N–H and O–H groups in total. The molecule has 0 amide bonds. The molecule has 2 heteroatoms. The van der Waals surface area contributed by atoms with E-state index in [1.165, 1.54) is 44.9 Å². The van der Waals surface area contributed by atoms with E-state index < -0.39 is 0 Å². The van der Waals surface area contributed by atoms with Crippen LogP contribution in [-0.4, -0.2) is 11.0 Å². The van der Waals surface area contributed by atoms with Crippen LogP contribution in [0.25, 0.3) is 0 Å². The normalized spacial score (nSPS) is 20.5. The first-order valence-electron chi connectivity index (χ1n) is 7.02. The van der Waals surface area contributed by atoms with Gasteiger partial charge in [0.05, 0.1) is 0 Å². The van der Waals surface area contributed by atoms with Crippen LogP contribution in [0.3, 0.4) is 0 Å². The molecule has 1 heterocycles. The first-order valence-corrected chi connectivity index (χ1v) is 7.02. The molecule has 2 rings (SSSR count). The molecule has 0 bridgehead atoms. The van der Waals surface area contributed by atoms with E-state index in [9.17, 15) is 0 Å². The van der Waals surface area contributed by atoms with Gasteiger partial charge in [0, 0.05) is 24.4 Å². The van der Waals surface area contributed by atoms with Crippen molar-refractivity contribution < 1.29 is 0 Å². The summed E-state index contributed by atoms with van der Waals surface area (Å²) in [4.78, 5) is 4.38. The standard InChI is InChI=1S/C15H24N2/c16-15(12-14-10-6-7-11-17-14)13-8-4-2-1-3-5-9-13/h6-7,10-11,13,15H,1-5,8-9,12,16H2. The number of rotatable bonds is 3. The maximum absolute atomic E-state index is 6.36. The van der Waals surface area contributed by atoms with Crippen molar-refractivity contribution >= 4 is 0 Å². The van der Waals surface area contributed by atoms with Gasteiger partial charge < -0.3 is 5.73 Å². The summed E-state index contributed by atoms with van der Waals surface area (Å²) >= 11 is 0. The predicted molar refractivity (Wildman–Crippen MR) is 71.7 cm³/mol. The van der Waals surface area contributed by atoms with Crippen molar-refractivity contribution in [1.29, 1.82) is 0 Å². The third-order valence-electron chi connectivity index (χ3n) is 3.93. The van der Waals surface area contributed by atoms with Gasteiger partial charge in [-0.2, -0.15) is 0 Å². The number of nitrogens with zero attached hydrogens (tertiary/aromatic N) is 1. The zero-order valence-electron chi connectivity index (χ0n) is 10.6. The van der Waals surface area contributed by atoms with E-state index >= 15 is 0 Å². The Hall–Kier alpha value is -0.890. The molecule has 1 unspecified atom stereocenters. The lowest BCUT2D eigenvalue weighted by molar-refractivity contribution is 0.321. The average Bonchev–Trinajstić information content (AvgIpc) is 2.29. The van der Waals surface area contributed by atoms with Gasteiger partial charge in [-0.3, -0.25) is 4.98 Å². The molecule has 1 fully saturated rings. The van der Waals surface area contributed by atoms with E-state index in [-0.39, 0.29) is 0 Å². The van der Waals surface area contributed by atoms with Crippen LogP contribution in [0, 0.1) is 5.92 Å². The second kappa shape index (κ2) is 6.75. The van der Waals surface area contributed by atoms with Gasteiger partial charge in [-0.05, 0) is 30.9 Å². The lowest BCUT2D eigenvalue weighted by atomic mass is 9.84. The fourth-order valence-electron chi connectivity index (χ4n) is 2.84. The molecular weight excluding hydrogens is 208 g/mol. The number of hydrogen-bond donors (Lipinski definition) is 1. The molecule has 1 atom stereocenters. The van der Waals surface area contributed by atoms with E-state index in [4.69, 9.17) is 5.73 Å². The Morgan fingerprint density at radius 3 is 2.47 bits per heavy atom. The Balaban J connectivity index is 1.87. The maximum Gasteiger partial charge on any atom is 0.0419 e. The van der Waals surface area contributed by atoms with Crippen LogP contribution in [-0.2, 0) is 6.42 Å². The van der Waals surface area contributed by atoms with Gasteiger partial charge in [-0.25, -0.2) is 0 Å². The zero-order chi connectivity index (χ0) is 11.9. The smallest absolute Gasteiger partial charge is 0.0419 e. The molecule has 0 aliphatic heterocycles. The van der Waals surface area contributed by atoms with Crippen LogP contribution in [0.4, 0.5) is 0 Å². The second-order valence-corrected chi connectivity index (χ2v) is 5.29. The van der Waals surface area contributed by atoms with Gasteiger partial charge >= 0.3 is 0 Å². The van der Waals surface area contributed by atoms with Crippen molar-refractivity contribution in [1.82, 2.24) is 4.98 Å². The average molecular weight is 232 g/mol. The van der Waals surface area contributed by atoms with Crippen molar-refractivity contribution in [2.45, 2.75) is 57.4 Å². The molecule has 94 valence electrons. The fourth-order valence-corrected chi connectivity index (χ4v) is 2.84. The zero-order valence-corrected chi connectivity index (χ0v) is 10.6. The minimum absolute atomic E-state index is 0.294. The van der Waals surface area contributed by atoms with Crippen molar-refractivity contribution in [2.24, 2.45) is 11.7 Å². The minimum atomic E-state index is 0.294.